The van der Waals surface area contributed by atoms with E-state index in [2.05, 4.69) is 19.2 Å². The van der Waals surface area contributed by atoms with Crippen molar-refractivity contribution >= 4 is 11.9 Å². The van der Waals surface area contributed by atoms with Crippen molar-refractivity contribution in [1.82, 2.24) is 5.32 Å². The number of nitrogens with two attached hydrogens (primary N) is 1. The zero-order chi connectivity index (χ0) is 15.9. The van der Waals surface area contributed by atoms with E-state index in [0.29, 0.717) is 24.8 Å². The Morgan fingerprint density at radius 1 is 1.20 bits per heavy atom. The molecule has 5 nitrogen and oxygen atoms in total. The maximum Gasteiger partial charge on any atom is 0.326 e. The van der Waals surface area contributed by atoms with Gasteiger partial charge in [0, 0.05) is 6.42 Å². The van der Waals surface area contributed by atoms with Crippen LogP contribution in [-0.4, -0.2) is 29.6 Å². The van der Waals surface area contributed by atoms with Gasteiger partial charge in [0.1, 0.15) is 6.04 Å². The molecule has 1 unspecified atom stereocenters. The van der Waals surface area contributed by atoms with Gasteiger partial charge >= 0.3 is 5.97 Å². The fourth-order valence-electron chi connectivity index (χ4n) is 2.22. The molecule has 0 aliphatic heterocycles. The van der Waals surface area contributed by atoms with E-state index in [1.165, 1.54) is 0 Å². The Labute approximate surface area is 122 Å². The summed E-state index contributed by atoms with van der Waals surface area (Å²) in [6.07, 6.45) is 1.99. The number of carboxylic acid groups (broad SMARTS) is 1. The molecule has 0 aromatic rings. The van der Waals surface area contributed by atoms with E-state index >= 15 is 0 Å². The van der Waals surface area contributed by atoms with Crippen LogP contribution < -0.4 is 11.1 Å². The predicted octanol–water partition coefficient (Wildman–Crippen LogP) is 2.00. The van der Waals surface area contributed by atoms with Crippen LogP contribution in [0.2, 0.25) is 0 Å². The maximum absolute atomic E-state index is 11.9. The molecule has 0 fully saturated rings. The molecule has 0 rings (SSSR count). The van der Waals surface area contributed by atoms with Gasteiger partial charge in [0.25, 0.3) is 0 Å². The highest BCUT2D eigenvalue weighted by molar-refractivity contribution is 5.84. The summed E-state index contributed by atoms with van der Waals surface area (Å²) in [5.74, 6) is -0.309. The Morgan fingerprint density at radius 2 is 1.75 bits per heavy atom. The number of rotatable bonds is 8. The molecule has 0 spiro atoms. The first-order valence-electron chi connectivity index (χ1n) is 7.31. The van der Waals surface area contributed by atoms with Crippen molar-refractivity contribution in [3.05, 3.63) is 0 Å². The third-order valence-electron chi connectivity index (χ3n) is 3.64. The van der Waals surface area contributed by atoms with Crippen molar-refractivity contribution in [2.45, 2.75) is 59.9 Å². The molecule has 0 aromatic heterocycles. The Balaban J connectivity index is 4.44. The molecule has 5 heteroatoms. The predicted molar refractivity (Wildman–Crippen MR) is 80.3 cm³/mol. The average molecular weight is 286 g/mol. The number of hydrogen-bond donors (Lipinski definition) is 3. The Morgan fingerprint density at radius 3 is 2.10 bits per heavy atom. The summed E-state index contributed by atoms with van der Waals surface area (Å²) in [6.45, 7) is 10.3. The van der Waals surface area contributed by atoms with Gasteiger partial charge < -0.3 is 16.2 Å². The van der Waals surface area contributed by atoms with Gasteiger partial charge in [-0.15, -0.1) is 0 Å². The topological polar surface area (TPSA) is 92.4 Å². The van der Waals surface area contributed by atoms with Crippen LogP contribution in [0.15, 0.2) is 0 Å². The molecule has 0 aromatic carbocycles. The second kappa shape index (κ2) is 8.25. The summed E-state index contributed by atoms with van der Waals surface area (Å²) < 4.78 is 0. The number of carboxylic acids is 1. The number of carbonyl (C=O) groups excluding carboxylic acids is 1. The van der Waals surface area contributed by atoms with Crippen LogP contribution in [0.3, 0.4) is 0 Å². The van der Waals surface area contributed by atoms with E-state index in [1.807, 2.05) is 0 Å². The second-order valence-electron chi connectivity index (χ2n) is 6.82. The van der Waals surface area contributed by atoms with Crippen molar-refractivity contribution in [2.75, 3.05) is 6.54 Å². The molecule has 0 radical (unpaired) electrons. The standard InChI is InChI=1S/C15H30N2O3/c1-10(2)11(8-9-16)6-7-12(18)17-13(14(19)20)15(3,4)5/h10-11,13H,6-9,16H2,1-5H3,(H,17,18)(H,19,20)/t11?,13-/m1/s1. The lowest BCUT2D eigenvalue weighted by Gasteiger charge is -2.28. The van der Waals surface area contributed by atoms with Gasteiger partial charge in [-0.05, 0) is 36.6 Å². The van der Waals surface area contributed by atoms with Gasteiger partial charge in [-0.1, -0.05) is 34.6 Å². The molecule has 0 aliphatic carbocycles. The Hall–Kier alpha value is -1.10. The third-order valence-corrected chi connectivity index (χ3v) is 3.64. The molecule has 0 saturated heterocycles. The van der Waals surface area contributed by atoms with Gasteiger partial charge in [-0.25, -0.2) is 4.79 Å². The van der Waals surface area contributed by atoms with Crippen LogP contribution in [0.4, 0.5) is 0 Å². The molecular weight excluding hydrogens is 256 g/mol. The Kier molecular flexibility index (Phi) is 7.79. The smallest absolute Gasteiger partial charge is 0.326 e. The molecule has 2 atom stereocenters. The van der Waals surface area contributed by atoms with Crippen LogP contribution >= 0.6 is 0 Å². The van der Waals surface area contributed by atoms with Crippen LogP contribution in [-0.2, 0) is 9.59 Å². The van der Waals surface area contributed by atoms with E-state index in [-0.39, 0.29) is 5.91 Å². The molecule has 0 saturated carbocycles. The Bertz CT molecular complexity index is 322. The first-order chi connectivity index (χ1) is 9.09. The van der Waals surface area contributed by atoms with E-state index < -0.39 is 17.4 Å². The lowest BCUT2D eigenvalue weighted by atomic mass is 9.86. The largest absolute Gasteiger partial charge is 0.480 e. The molecule has 0 aliphatic rings. The van der Waals surface area contributed by atoms with Crippen LogP contribution in [0.1, 0.15) is 53.9 Å². The average Bonchev–Trinajstić information content (AvgIpc) is 2.29. The fraction of sp³-hybridized carbons (Fsp3) is 0.867. The number of carbonyl (C=O) groups is 2. The summed E-state index contributed by atoms with van der Waals surface area (Å²) >= 11 is 0. The highest BCUT2D eigenvalue weighted by atomic mass is 16.4. The normalized spacial score (nSPS) is 14.9. The van der Waals surface area contributed by atoms with E-state index in [0.717, 1.165) is 12.8 Å². The van der Waals surface area contributed by atoms with Gasteiger partial charge in [0.2, 0.25) is 5.91 Å². The zero-order valence-electron chi connectivity index (χ0n) is 13.4. The third kappa shape index (κ3) is 6.89. The number of aliphatic carboxylic acids is 1. The summed E-state index contributed by atoms with van der Waals surface area (Å²) in [4.78, 5) is 23.1. The first-order valence-corrected chi connectivity index (χ1v) is 7.31. The van der Waals surface area contributed by atoms with Gasteiger partial charge in [0.05, 0.1) is 0 Å². The minimum absolute atomic E-state index is 0.199. The van der Waals surface area contributed by atoms with Crippen molar-refractivity contribution < 1.29 is 14.7 Å². The first kappa shape index (κ1) is 18.9. The lowest BCUT2D eigenvalue weighted by Crippen LogP contribution is -2.49. The maximum atomic E-state index is 11.9. The van der Waals surface area contributed by atoms with E-state index in [4.69, 9.17) is 5.73 Å². The molecular formula is C15H30N2O3. The SMILES string of the molecule is CC(C)C(CCN)CCC(=O)N[C@H](C(=O)O)C(C)(C)C. The van der Waals surface area contributed by atoms with Crippen molar-refractivity contribution in [1.29, 1.82) is 0 Å². The van der Waals surface area contributed by atoms with E-state index in [9.17, 15) is 14.7 Å². The minimum Gasteiger partial charge on any atom is -0.480 e. The fourth-order valence-corrected chi connectivity index (χ4v) is 2.22. The van der Waals surface area contributed by atoms with Crippen molar-refractivity contribution in [2.24, 2.45) is 23.0 Å². The van der Waals surface area contributed by atoms with Crippen molar-refractivity contribution in [3.8, 4) is 0 Å². The molecule has 1 amide bonds. The molecule has 0 bridgehead atoms. The summed E-state index contributed by atoms with van der Waals surface area (Å²) in [5, 5.41) is 11.8. The lowest BCUT2D eigenvalue weighted by molar-refractivity contribution is -0.145. The summed E-state index contributed by atoms with van der Waals surface area (Å²) in [6, 6.07) is -0.859. The second-order valence-corrected chi connectivity index (χ2v) is 6.82. The van der Waals surface area contributed by atoms with E-state index in [1.54, 1.807) is 20.8 Å². The highest BCUT2D eigenvalue weighted by Crippen LogP contribution is 2.22. The molecule has 20 heavy (non-hydrogen) atoms. The zero-order valence-corrected chi connectivity index (χ0v) is 13.4. The van der Waals surface area contributed by atoms with Crippen molar-refractivity contribution in [3.63, 3.8) is 0 Å². The minimum atomic E-state index is -0.992. The summed E-state index contributed by atoms with van der Waals surface area (Å²) in [7, 11) is 0. The highest BCUT2D eigenvalue weighted by Gasteiger charge is 2.32. The quantitative estimate of drug-likeness (QED) is 0.636. The molecule has 118 valence electrons. The van der Waals surface area contributed by atoms with Gasteiger partial charge in [-0.3, -0.25) is 4.79 Å². The van der Waals surface area contributed by atoms with Crippen LogP contribution in [0.25, 0.3) is 0 Å². The number of amides is 1. The monoisotopic (exact) mass is 286 g/mol. The molecule has 4 N–H and O–H groups in total. The number of hydrogen-bond acceptors (Lipinski definition) is 3. The molecule has 0 heterocycles. The van der Waals surface area contributed by atoms with Gasteiger partial charge in [0.15, 0.2) is 0 Å². The van der Waals surface area contributed by atoms with Crippen LogP contribution in [0.5, 0.6) is 0 Å². The van der Waals surface area contributed by atoms with Crippen LogP contribution in [0, 0.1) is 17.3 Å². The van der Waals surface area contributed by atoms with Gasteiger partial charge in [-0.2, -0.15) is 0 Å². The summed E-state index contributed by atoms with van der Waals surface area (Å²) in [5.41, 5.74) is 5.07. The number of nitrogens with one attached hydrogen (secondary N) is 1.